The fraction of sp³-hybridized carbons (Fsp3) is 0.417. The number of hydrogen-bond donors (Lipinski definition) is 0. The molecule has 0 aromatic heterocycles. The van der Waals surface area contributed by atoms with Gasteiger partial charge in [0.25, 0.3) is 0 Å². The highest BCUT2D eigenvalue weighted by molar-refractivity contribution is 5.77. The van der Waals surface area contributed by atoms with Gasteiger partial charge in [0.1, 0.15) is 17.7 Å². The summed E-state index contributed by atoms with van der Waals surface area (Å²) >= 11 is 0. The number of fused-ring (bicyclic) bond motifs is 1. The third kappa shape index (κ3) is 5.02. The van der Waals surface area contributed by atoms with E-state index in [1.54, 1.807) is 12.1 Å². The van der Waals surface area contributed by atoms with Crippen molar-refractivity contribution in [3.63, 3.8) is 0 Å². The highest BCUT2D eigenvalue weighted by atomic mass is 19.1. The number of benzene rings is 2. The molecule has 0 saturated heterocycles. The molecule has 0 spiro atoms. The van der Waals surface area contributed by atoms with Crippen molar-refractivity contribution in [3.8, 4) is 16.9 Å². The first-order chi connectivity index (χ1) is 15.5. The van der Waals surface area contributed by atoms with Crippen molar-refractivity contribution in [1.82, 2.24) is 5.06 Å². The van der Waals surface area contributed by atoms with Gasteiger partial charge in [-0.3, -0.25) is 4.79 Å². The summed E-state index contributed by atoms with van der Waals surface area (Å²) in [6.45, 7) is 2.92. The third-order valence-electron chi connectivity index (χ3n) is 5.52. The Labute approximate surface area is 186 Å². The highest BCUT2D eigenvalue weighted by Crippen LogP contribution is 2.38. The molecule has 1 aliphatic heterocycles. The van der Waals surface area contributed by atoms with Crippen LogP contribution in [0.1, 0.15) is 36.5 Å². The maximum absolute atomic E-state index is 14.6. The predicted molar refractivity (Wildman–Crippen MR) is 113 cm³/mol. The first-order valence-electron chi connectivity index (χ1n) is 10.7. The molecule has 2 aliphatic rings. The Kier molecular flexibility index (Phi) is 6.60. The lowest BCUT2D eigenvalue weighted by Crippen LogP contribution is -2.34. The average Bonchev–Trinajstić information content (AvgIpc) is 3.58. The number of hydroxylamine groups is 2. The SMILES string of the molecule is CCOc1cc(CC(=O)OC)ccc1-c1ccc(F)c2c1CN(OC(=O)OC1CC1)CC2. The van der Waals surface area contributed by atoms with E-state index in [0.717, 1.165) is 35.1 Å². The molecule has 4 rings (SSSR count). The number of nitrogens with zero attached hydrogens (tertiary/aromatic N) is 1. The summed E-state index contributed by atoms with van der Waals surface area (Å²) in [4.78, 5) is 29.0. The fourth-order valence-corrected chi connectivity index (χ4v) is 3.80. The highest BCUT2D eigenvalue weighted by Gasteiger charge is 2.30. The Morgan fingerprint density at radius 1 is 1.12 bits per heavy atom. The maximum atomic E-state index is 14.6. The van der Waals surface area contributed by atoms with Gasteiger partial charge in [-0.2, -0.15) is 0 Å². The van der Waals surface area contributed by atoms with Gasteiger partial charge in [-0.1, -0.05) is 18.2 Å². The van der Waals surface area contributed by atoms with Gasteiger partial charge in [0.05, 0.1) is 26.7 Å². The van der Waals surface area contributed by atoms with Crippen LogP contribution in [0.2, 0.25) is 0 Å². The van der Waals surface area contributed by atoms with Crippen LogP contribution in [0.25, 0.3) is 11.1 Å². The van der Waals surface area contributed by atoms with Crippen LogP contribution in [0, 0.1) is 5.82 Å². The number of carbonyl (C=O) groups is 2. The van der Waals surface area contributed by atoms with Crippen LogP contribution < -0.4 is 4.74 Å². The summed E-state index contributed by atoms with van der Waals surface area (Å²) in [6, 6.07) is 8.64. The second kappa shape index (κ2) is 9.56. The van der Waals surface area contributed by atoms with Crippen LogP contribution in [-0.4, -0.2) is 43.6 Å². The first kappa shape index (κ1) is 22.1. The van der Waals surface area contributed by atoms with Crippen molar-refractivity contribution in [2.45, 2.75) is 45.3 Å². The molecular weight excluding hydrogens is 417 g/mol. The summed E-state index contributed by atoms with van der Waals surface area (Å²) in [5.41, 5.74) is 3.65. The standard InChI is InChI=1S/C24H26FNO6/c1-3-30-22-12-15(13-23(27)29-2)4-7-19(22)17-8-9-21(25)18-10-11-26(14-20(17)18)32-24(28)31-16-5-6-16/h4,7-9,12,16H,3,5-6,10-11,13-14H2,1-2H3. The van der Waals surface area contributed by atoms with Crippen molar-refractivity contribution >= 4 is 12.1 Å². The number of carbonyl (C=O) groups excluding carboxylic acids is 2. The van der Waals surface area contributed by atoms with Gasteiger partial charge in [-0.25, -0.2) is 9.18 Å². The van der Waals surface area contributed by atoms with Crippen molar-refractivity contribution in [2.75, 3.05) is 20.3 Å². The number of methoxy groups -OCH3 is 1. The Morgan fingerprint density at radius 2 is 1.91 bits per heavy atom. The molecule has 170 valence electrons. The third-order valence-corrected chi connectivity index (χ3v) is 5.52. The number of esters is 1. The van der Waals surface area contributed by atoms with Crippen LogP contribution in [0.4, 0.5) is 9.18 Å². The van der Waals surface area contributed by atoms with Gasteiger partial charge in [-0.05, 0) is 60.6 Å². The van der Waals surface area contributed by atoms with E-state index in [4.69, 9.17) is 19.0 Å². The largest absolute Gasteiger partial charge is 0.528 e. The second-order valence-electron chi connectivity index (χ2n) is 7.84. The molecule has 1 heterocycles. The molecule has 2 aromatic rings. The molecule has 1 fully saturated rings. The van der Waals surface area contributed by atoms with Crippen molar-refractivity contribution in [2.24, 2.45) is 0 Å². The molecule has 32 heavy (non-hydrogen) atoms. The van der Waals surface area contributed by atoms with Gasteiger partial charge in [0, 0.05) is 12.1 Å². The summed E-state index contributed by atoms with van der Waals surface area (Å²) in [5, 5.41) is 1.50. The van der Waals surface area contributed by atoms with Crippen molar-refractivity contribution in [3.05, 3.63) is 52.8 Å². The summed E-state index contributed by atoms with van der Waals surface area (Å²) in [6.07, 6.45) is 1.47. The van der Waals surface area contributed by atoms with Gasteiger partial charge in [0.15, 0.2) is 0 Å². The minimum atomic E-state index is -0.726. The van der Waals surface area contributed by atoms with Crippen LogP contribution in [-0.2, 0) is 38.5 Å². The Balaban J connectivity index is 1.64. The molecule has 0 amide bonds. The lowest BCUT2D eigenvalue weighted by molar-refractivity contribution is -0.140. The monoisotopic (exact) mass is 443 g/mol. The quantitative estimate of drug-likeness (QED) is 0.594. The topological polar surface area (TPSA) is 74.3 Å². The van der Waals surface area contributed by atoms with E-state index in [9.17, 15) is 14.0 Å². The Hall–Kier alpha value is -3.13. The zero-order valence-electron chi connectivity index (χ0n) is 18.2. The van der Waals surface area contributed by atoms with E-state index in [0.29, 0.717) is 30.9 Å². The molecule has 8 heteroatoms. The van der Waals surface area contributed by atoms with Crippen LogP contribution in [0.5, 0.6) is 5.75 Å². The zero-order chi connectivity index (χ0) is 22.7. The minimum absolute atomic E-state index is 0.0511. The number of hydrogen-bond acceptors (Lipinski definition) is 7. The van der Waals surface area contributed by atoms with Crippen molar-refractivity contribution in [1.29, 1.82) is 0 Å². The molecule has 0 radical (unpaired) electrons. The minimum Gasteiger partial charge on any atom is -0.493 e. The van der Waals surface area contributed by atoms with Crippen LogP contribution in [0.15, 0.2) is 30.3 Å². The maximum Gasteiger partial charge on any atom is 0.528 e. The van der Waals surface area contributed by atoms with Crippen molar-refractivity contribution < 1.29 is 33.0 Å². The van der Waals surface area contributed by atoms with E-state index < -0.39 is 6.16 Å². The smallest absolute Gasteiger partial charge is 0.493 e. The summed E-state index contributed by atoms with van der Waals surface area (Å²) in [7, 11) is 1.35. The number of halogens is 1. The van der Waals surface area contributed by atoms with E-state index in [1.807, 2.05) is 19.1 Å². The Bertz CT molecular complexity index is 1020. The van der Waals surface area contributed by atoms with Gasteiger partial charge >= 0.3 is 12.1 Å². The van der Waals surface area contributed by atoms with E-state index in [-0.39, 0.29) is 30.9 Å². The van der Waals surface area contributed by atoms with Crippen LogP contribution in [0.3, 0.4) is 0 Å². The molecule has 0 bridgehead atoms. The molecule has 1 aliphatic carbocycles. The van der Waals surface area contributed by atoms with Gasteiger partial charge in [0.2, 0.25) is 0 Å². The van der Waals surface area contributed by atoms with E-state index >= 15 is 0 Å². The summed E-state index contributed by atoms with van der Waals surface area (Å²) in [5.74, 6) is -0.0386. The molecule has 0 unspecified atom stereocenters. The molecule has 0 atom stereocenters. The Morgan fingerprint density at radius 3 is 2.62 bits per heavy atom. The summed E-state index contributed by atoms with van der Waals surface area (Å²) < 4.78 is 30.4. The first-order valence-corrected chi connectivity index (χ1v) is 10.7. The number of rotatable bonds is 7. The molecule has 1 saturated carbocycles. The predicted octanol–water partition coefficient (Wildman–Crippen LogP) is 4.20. The normalized spacial score (nSPS) is 15.6. The van der Waals surface area contributed by atoms with Gasteiger partial charge < -0.3 is 19.0 Å². The zero-order valence-corrected chi connectivity index (χ0v) is 18.2. The lowest BCUT2D eigenvalue weighted by atomic mass is 9.90. The van der Waals surface area contributed by atoms with Crippen LogP contribution >= 0.6 is 0 Å². The molecule has 2 aromatic carbocycles. The number of ether oxygens (including phenoxy) is 3. The lowest BCUT2D eigenvalue weighted by Gasteiger charge is -2.29. The van der Waals surface area contributed by atoms with E-state index in [2.05, 4.69) is 0 Å². The van der Waals surface area contributed by atoms with Gasteiger partial charge in [-0.15, -0.1) is 5.06 Å². The molecule has 7 nitrogen and oxygen atoms in total. The molecule has 0 N–H and O–H groups in total. The van der Waals surface area contributed by atoms with E-state index in [1.165, 1.54) is 18.2 Å². The average molecular weight is 443 g/mol. The molecular formula is C24H26FNO6. The second-order valence-corrected chi connectivity index (χ2v) is 7.84. The fourth-order valence-electron chi connectivity index (χ4n) is 3.80.